The number of aliphatic hydroxyl groups excluding tert-OH is 2. The minimum Gasteiger partial charge on any atom is -0.508 e. The van der Waals surface area contributed by atoms with E-state index in [1.54, 1.807) is 6.07 Å². The fourth-order valence-corrected chi connectivity index (χ4v) is 5.56. The second-order valence-electron chi connectivity index (χ2n) is 7.59. The van der Waals surface area contributed by atoms with Gasteiger partial charge in [0, 0.05) is 0 Å². The van der Waals surface area contributed by atoms with Crippen LogP contribution in [0, 0.1) is 17.3 Å². The summed E-state index contributed by atoms with van der Waals surface area (Å²) >= 11 is 0. The number of benzene rings is 1. The number of aryl methyl sites for hydroxylation is 1. The Morgan fingerprint density at radius 2 is 2.00 bits per heavy atom. The van der Waals surface area contributed by atoms with Gasteiger partial charge in [0.25, 0.3) is 0 Å². The highest BCUT2D eigenvalue weighted by Crippen LogP contribution is 2.60. The molecule has 1 aromatic rings. The molecule has 0 radical (unpaired) electrons. The number of hydrogen-bond donors (Lipinski definition) is 3. The highest BCUT2D eigenvalue weighted by atomic mass is 16.3. The summed E-state index contributed by atoms with van der Waals surface area (Å²) in [7, 11) is 0. The Bertz CT molecular complexity index is 570. The first kappa shape index (κ1) is 13.6. The Kier molecular flexibility index (Phi) is 2.89. The Morgan fingerprint density at radius 3 is 2.81 bits per heavy atom. The van der Waals surface area contributed by atoms with Gasteiger partial charge in [-0.1, -0.05) is 13.0 Å². The predicted molar refractivity (Wildman–Crippen MR) is 80.1 cm³/mol. The third kappa shape index (κ3) is 1.80. The molecule has 0 spiro atoms. The molecule has 114 valence electrons. The van der Waals surface area contributed by atoms with Crippen molar-refractivity contribution in [2.24, 2.45) is 17.3 Å². The summed E-state index contributed by atoms with van der Waals surface area (Å²) in [5.74, 6) is 1.88. The minimum atomic E-state index is -0.565. The summed E-state index contributed by atoms with van der Waals surface area (Å²) in [5, 5.41) is 30.2. The molecule has 3 aliphatic rings. The summed E-state index contributed by atoms with van der Waals surface area (Å²) in [6, 6.07) is 5.80. The smallest absolute Gasteiger partial charge is 0.115 e. The van der Waals surface area contributed by atoms with E-state index in [1.807, 2.05) is 6.07 Å². The maximum Gasteiger partial charge on any atom is 0.115 e. The molecule has 0 aliphatic heterocycles. The van der Waals surface area contributed by atoms with E-state index in [2.05, 4.69) is 13.0 Å². The van der Waals surface area contributed by atoms with Crippen molar-refractivity contribution in [3.05, 3.63) is 29.3 Å². The second-order valence-corrected chi connectivity index (χ2v) is 7.59. The van der Waals surface area contributed by atoms with Crippen LogP contribution in [0.25, 0.3) is 0 Å². The van der Waals surface area contributed by atoms with Crippen LogP contribution in [-0.2, 0) is 6.42 Å². The summed E-state index contributed by atoms with van der Waals surface area (Å²) in [6.07, 6.45) is 3.80. The number of phenols is 1. The van der Waals surface area contributed by atoms with Crippen molar-refractivity contribution in [2.75, 3.05) is 0 Å². The first-order valence-electron chi connectivity index (χ1n) is 8.18. The fourth-order valence-electron chi connectivity index (χ4n) is 5.56. The molecule has 0 unspecified atom stereocenters. The number of fused-ring (bicyclic) bond motifs is 5. The van der Waals surface area contributed by atoms with E-state index < -0.39 is 12.2 Å². The van der Waals surface area contributed by atoms with Crippen molar-refractivity contribution in [1.82, 2.24) is 0 Å². The van der Waals surface area contributed by atoms with E-state index in [0.717, 1.165) is 32.1 Å². The molecule has 4 rings (SSSR count). The number of aromatic hydroxyl groups is 1. The van der Waals surface area contributed by atoms with E-state index >= 15 is 0 Å². The van der Waals surface area contributed by atoms with Gasteiger partial charge in [0.1, 0.15) is 5.75 Å². The second kappa shape index (κ2) is 4.47. The normalized spacial score (nSPS) is 44.8. The van der Waals surface area contributed by atoms with Crippen LogP contribution in [0.1, 0.15) is 49.7 Å². The van der Waals surface area contributed by atoms with Gasteiger partial charge < -0.3 is 15.3 Å². The molecule has 6 atom stereocenters. The van der Waals surface area contributed by atoms with Crippen LogP contribution in [0.3, 0.4) is 0 Å². The molecule has 0 amide bonds. The maximum absolute atomic E-state index is 10.4. The van der Waals surface area contributed by atoms with Gasteiger partial charge in [-0.3, -0.25) is 0 Å². The van der Waals surface area contributed by atoms with E-state index in [9.17, 15) is 15.3 Å². The average Bonchev–Trinajstić information content (AvgIpc) is 2.70. The Morgan fingerprint density at radius 1 is 1.19 bits per heavy atom. The summed E-state index contributed by atoms with van der Waals surface area (Å²) < 4.78 is 0. The SMILES string of the molecule is C[C@]12CC[C@H]3c4ccc(O)cc4CC[C@@H]3[C@H]1C[C@H](O)[C@@H]2O. The molecule has 2 fully saturated rings. The zero-order valence-electron chi connectivity index (χ0n) is 12.5. The number of rotatable bonds is 0. The molecule has 0 heterocycles. The van der Waals surface area contributed by atoms with Crippen LogP contribution in [-0.4, -0.2) is 27.5 Å². The van der Waals surface area contributed by atoms with Crippen molar-refractivity contribution >= 4 is 0 Å². The molecule has 3 aliphatic carbocycles. The molecule has 0 saturated heterocycles. The molecule has 3 heteroatoms. The van der Waals surface area contributed by atoms with Gasteiger partial charge >= 0.3 is 0 Å². The number of hydrogen-bond acceptors (Lipinski definition) is 3. The molecule has 3 N–H and O–H groups in total. The third-order valence-electron chi connectivity index (χ3n) is 6.68. The topological polar surface area (TPSA) is 60.7 Å². The predicted octanol–water partition coefficient (Wildman–Crippen LogP) is 2.58. The van der Waals surface area contributed by atoms with Crippen molar-refractivity contribution in [3.8, 4) is 5.75 Å². The first-order chi connectivity index (χ1) is 10.0. The van der Waals surface area contributed by atoms with Gasteiger partial charge in [-0.2, -0.15) is 0 Å². The first-order valence-corrected chi connectivity index (χ1v) is 8.18. The summed E-state index contributed by atoms with van der Waals surface area (Å²) in [4.78, 5) is 0. The van der Waals surface area contributed by atoms with Crippen molar-refractivity contribution < 1.29 is 15.3 Å². The van der Waals surface area contributed by atoms with Crippen molar-refractivity contribution in [3.63, 3.8) is 0 Å². The highest BCUT2D eigenvalue weighted by Gasteiger charge is 2.57. The number of aliphatic hydroxyl groups is 2. The number of phenolic OH excluding ortho intramolecular Hbond substituents is 1. The molecular formula is C18H24O3. The van der Waals surface area contributed by atoms with Crippen LogP contribution < -0.4 is 0 Å². The lowest BCUT2D eigenvalue weighted by Crippen LogP contribution is -2.44. The Hall–Kier alpha value is -1.06. The van der Waals surface area contributed by atoms with Gasteiger partial charge in [0.05, 0.1) is 12.2 Å². The van der Waals surface area contributed by atoms with Crippen molar-refractivity contribution in [1.29, 1.82) is 0 Å². The third-order valence-corrected chi connectivity index (χ3v) is 6.68. The quantitative estimate of drug-likeness (QED) is 0.687. The monoisotopic (exact) mass is 288 g/mol. The molecule has 21 heavy (non-hydrogen) atoms. The van der Waals surface area contributed by atoms with E-state index in [1.165, 1.54) is 11.1 Å². The summed E-state index contributed by atoms with van der Waals surface area (Å²) in [5.41, 5.74) is 2.57. The Balaban J connectivity index is 1.71. The average molecular weight is 288 g/mol. The lowest BCUT2D eigenvalue weighted by Gasteiger charge is -2.49. The molecule has 0 aromatic heterocycles. The summed E-state index contributed by atoms with van der Waals surface area (Å²) in [6.45, 7) is 2.17. The van der Waals surface area contributed by atoms with E-state index in [4.69, 9.17) is 0 Å². The maximum atomic E-state index is 10.4. The van der Waals surface area contributed by atoms with Crippen LogP contribution in [0.2, 0.25) is 0 Å². The van der Waals surface area contributed by atoms with Crippen LogP contribution in [0.4, 0.5) is 0 Å². The van der Waals surface area contributed by atoms with Gasteiger partial charge in [-0.15, -0.1) is 0 Å². The fraction of sp³-hybridized carbons (Fsp3) is 0.667. The molecule has 3 nitrogen and oxygen atoms in total. The van der Waals surface area contributed by atoms with Crippen LogP contribution in [0.5, 0.6) is 5.75 Å². The highest BCUT2D eigenvalue weighted by molar-refractivity contribution is 5.40. The van der Waals surface area contributed by atoms with Crippen molar-refractivity contribution in [2.45, 2.75) is 57.2 Å². The van der Waals surface area contributed by atoms with Gasteiger partial charge in [-0.25, -0.2) is 0 Å². The van der Waals surface area contributed by atoms with Crippen LogP contribution in [0.15, 0.2) is 18.2 Å². The van der Waals surface area contributed by atoms with E-state index in [0.29, 0.717) is 23.5 Å². The van der Waals surface area contributed by atoms with Gasteiger partial charge in [0.2, 0.25) is 0 Å². The standard InChI is InChI=1S/C18H24O3/c1-18-7-6-13-12-5-3-11(19)8-10(12)2-4-14(13)15(18)9-16(20)17(18)21/h3,5,8,13-17,19-21H,2,4,6-7,9H2,1H3/t13-,14-,15+,16-,17-,18-/m0/s1. The molecule has 2 saturated carbocycles. The zero-order valence-corrected chi connectivity index (χ0v) is 12.5. The van der Waals surface area contributed by atoms with E-state index in [-0.39, 0.29) is 5.41 Å². The minimum absolute atomic E-state index is 0.116. The lowest BCUT2D eigenvalue weighted by atomic mass is 9.55. The molecule has 1 aromatic carbocycles. The van der Waals surface area contributed by atoms with Crippen LogP contribution >= 0.6 is 0 Å². The molecule has 0 bridgehead atoms. The van der Waals surface area contributed by atoms with Gasteiger partial charge in [-0.05, 0) is 78.5 Å². The zero-order chi connectivity index (χ0) is 14.8. The largest absolute Gasteiger partial charge is 0.508 e. The van der Waals surface area contributed by atoms with Gasteiger partial charge in [0.15, 0.2) is 0 Å². The Labute approximate surface area is 125 Å². The lowest BCUT2D eigenvalue weighted by molar-refractivity contribution is -0.0505. The molecular weight excluding hydrogens is 264 g/mol.